The van der Waals surface area contributed by atoms with Crippen LogP contribution in [0, 0.1) is 0 Å². The van der Waals surface area contributed by atoms with E-state index >= 15 is 0 Å². The highest BCUT2D eigenvalue weighted by atomic mass is 16.5. The fourth-order valence-electron chi connectivity index (χ4n) is 2.04. The van der Waals surface area contributed by atoms with Crippen molar-refractivity contribution in [1.29, 1.82) is 0 Å². The van der Waals surface area contributed by atoms with Crippen LogP contribution in [-0.2, 0) is 4.74 Å². The Kier molecular flexibility index (Phi) is 5.39. The monoisotopic (exact) mass is 247 g/mol. The van der Waals surface area contributed by atoms with Crippen LogP contribution in [0.3, 0.4) is 0 Å². The zero-order valence-corrected chi connectivity index (χ0v) is 12.4. The number of rotatable bonds is 4. The minimum absolute atomic E-state index is 0.469. The van der Waals surface area contributed by atoms with E-state index in [1.54, 1.807) is 0 Å². The Bertz CT molecular complexity index is 393. The molecule has 100 valence electrons. The molecule has 0 aliphatic heterocycles. The third kappa shape index (κ3) is 3.59. The van der Waals surface area contributed by atoms with Gasteiger partial charge in [0.15, 0.2) is 5.90 Å². The quantitative estimate of drug-likeness (QED) is 0.540. The van der Waals surface area contributed by atoms with E-state index < -0.39 is 0 Å². The summed E-state index contributed by atoms with van der Waals surface area (Å²) >= 11 is 0. The zero-order chi connectivity index (χ0) is 13.7. The highest BCUT2D eigenvalue weighted by Crippen LogP contribution is 2.34. The van der Waals surface area contributed by atoms with Gasteiger partial charge in [-0.05, 0) is 29.9 Å². The number of nitrogens with zero attached hydrogens (tertiary/aromatic N) is 1. The Morgan fingerprint density at radius 1 is 1.11 bits per heavy atom. The number of para-hydroxylation sites is 1. The largest absolute Gasteiger partial charge is 0.481 e. The first-order valence-electron chi connectivity index (χ1n) is 6.78. The van der Waals surface area contributed by atoms with Crippen molar-refractivity contribution in [2.24, 2.45) is 4.99 Å². The van der Waals surface area contributed by atoms with E-state index in [-0.39, 0.29) is 0 Å². The number of aliphatic imine (C=N–C) groups is 1. The summed E-state index contributed by atoms with van der Waals surface area (Å²) in [5.41, 5.74) is 3.67. The molecule has 0 amide bonds. The summed E-state index contributed by atoms with van der Waals surface area (Å²) in [6.45, 7) is 13.4. The maximum absolute atomic E-state index is 5.47. The Morgan fingerprint density at radius 2 is 1.61 bits per heavy atom. The fourth-order valence-corrected chi connectivity index (χ4v) is 2.04. The molecule has 0 radical (unpaired) electrons. The van der Waals surface area contributed by atoms with E-state index in [9.17, 15) is 0 Å². The molecule has 0 heterocycles. The molecule has 1 rings (SSSR count). The van der Waals surface area contributed by atoms with Gasteiger partial charge in [-0.3, -0.25) is 0 Å². The predicted molar refractivity (Wildman–Crippen MR) is 79.0 cm³/mol. The standard InChI is InChI=1S/C16H25NO/c1-7-18-13(6)17-16-14(11(2)3)9-8-10-15(16)12(4)5/h8-12H,7H2,1-6H3. The van der Waals surface area contributed by atoms with E-state index in [2.05, 4.69) is 50.9 Å². The SMILES string of the molecule is CCOC(C)=Nc1c(C(C)C)cccc1C(C)C. The molecule has 0 spiro atoms. The predicted octanol–water partition coefficient (Wildman–Crippen LogP) is 5.02. The summed E-state index contributed by atoms with van der Waals surface area (Å²) in [6, 6.07) is 6.45. The minimum Gasteiger partial charge on any atom is -0.481 e. The van der Waals surface area contributed by atoms with Crippen molar-refractivity contribution >= 4 is 11.6 Å². The van der Waals surface area contributed by atoms with Crippen LogP contribution < -0.4 is 0 Å². The van der Waals surface area contributed by atoms with E-state index in [1.807, 2.05) is 13.8 Å². The van der Waals surface area contributed by atoms with Crippen molar-refractivity contribution in [2.45, 2.75) is 53.4 Å². The molecular weight excluding hydrogens is 222 g/mol. The van der Waals surface area contributed by atoms with Gasteiger partial charge in [-0.15, -0.1) is 0 Å². The van der Waals surface area contributed by atoms with E-state index in [4.69, 9.17) is 4.74 Å². The maximum Gasteiger partial charge on any atom is 0.185 e. The molecule has 0 bridgehead atoms. The number of ether oxygens (including phenoxy) is 1. The molecule has 0 aliphatic carbocycles. The fraction of sp³-hybridized carbons (Fsp3) is 0.562. The number of hydrogen-bond donors (Lipinski definition) is 0. The summed E-state index contributed by atoms with van der Waals surface area (Å²) in [7, 11) is 0. The second-order valence-corrected chi connectivity index (χ2v) is 5.16. The second kappa shape index (κ2) is 6.58. The lowest BCUT2D eigenvalue weighted by molar-refractivity contribution is 0.325. The van der Waals surface area contributed by atoms with E-state index in [1.165, 1.54) is 11.1 Å². The van der Waals surface area contributed by atoms with Crippen LogP contribution in [0.15, 0.2) is 23.2 Å². The molecule has 0 unspecified atom stereocenters. The molecule has 1 aromatic rings. The van der Waals surface area contributed by atoms with Crippen LogP contribution >= 0.6 is 0 Å². The van der Waals surface area contributed by atoms with Crippen LogP contribution in [-0.4, -0.2) is 12.5 Å². The average Bonchev–Trinajstić information content (AvgIpc) is 2.28. The molecule has 18 heavy (non-hydrogen) atoms. The van der Waals surface area contributed by atoms with Crippen molar-refractivity contribution in [3.63, 3.8) is 0 Å². The first-order valence-corrected chi connectivity index (χ1v) is 6.78. The van der Waals surface area contributed by atoms with Crippen molar-refractivity contribution in [2.75, 3.05) is 6.61 Å². The Labute approximate surface area is 111 Å². The van der Waals surface area contributed by atoms with Crippen molar-refractivity contribution in [1.82, 2.24) is 0 Å². The molecule has 0 aromatic heterocycles. The Hall–Kier alpha value is -1.31. The van der Waals surface area contributed by atoms with Crippen LogP contribution in [0.5, 0.6) is 0 Å². The number of hydrogen-bond acceptors (Lipinski definition) is 2. The first-order chi connectivity index (χ1) is 8.47. The highest BCUT2D eigenvalue weighted by molar-refractivity contribution is 5.78. The second-order valence-electron chi connectivity index (χ2n) is 5.16. The highest BCUT2D eigenvalue weighted by Gasteiger charge is 2.13. The van der Waals surface area contributed by atoms with Gasteiger partial charge in [-0.2, -0.15) is 0 Å². The molecule has 0 atom stereocenters. The molecule has 0 aliphatic rings. The van der Waals surface area contributed by atoms with Crippen LogP contribution in [0.4, 0.5) is 5.69 Å². The lowest BCUT2D eigenvalue weighted by atomic mass is 9.93. The third-order valence-electron chi connectivity index (χ3n) is 2.96. The smallest absolute Gasteiger partial charge is 0.185 e. The molecular formula is C16H25NO. The van der Waals surface area contributed by atoms with Crippen molar-refractivity contribution in [3.8, 4) is 0 Å². The molecule has 2 nitrogen and oxygen atoms in total. The lowest BCUT2D eigenvalue weighted by Crippen LogP contribution is -2.01. The molecule has 2 heteroatoms. The Balaban J connectivity index is 3.31. The van der Waals surface area contributed by atoms with Crippen LogP contribution in [0.1, 0.15) is 64.5 Å². The van der Waals surface area contributed by atoms with Gasteiger partial charge in [0.25, 0.3) is 0 Å². The average molecular weight is 247 g/mol. The topological polar surface area (TPSA) is 21.6 Å². The lowest BCUT2D eigenvalue weighted by Gasteiger charge is -2.16. The van der Waals surface area contributed by atoms with Crippen molar-refractivity contribution < 1.29 is 4.74 Å². The van der Waals surface area contributed by atoms with Gasteiger partial charge in [-0.1, -0.05) is 45.9 Å². The van der Waals surface area contributed by atoms with E-state index in [0.29, 0.717) is 18.4 Å². The summed E-state index contributed by atoms with van der Waals surface area (Å²) in [6.07, 6.45) is 0. The summed E-state index contributed by atoms with van der Waals surface area (Å²) in [5, 5.41) is 0. The molecule has 0 N–H and O–H groups in total. The van der Waals surface area contributed by atoms with Gasteiger partial charge in [0.1, 0.15) is 0 Å². The Morgan fingerprint density at radius 3 is 2.00 bits per heavy atom. The normalized spacial score (nSPS) is 12.3. The van der Waals surface area contributed by atoms with Gasteiger partial charge >= 0.3 is 0 Å². The molecule has 0 saturated heterocycles. The van der Waals surface area contributed by atoms with Gasteiger partial charge in [-0.25, -0.2) is 4.99 Å². The van der Waals surface area contributed by atoms with Gasteiger partial charge < -0.3 is 4.74 Å². The van der Waals surface area contributed by atoms with Crippen LogP contribution in [0.25, 0.3) is 0 Å². The molecule has 1 aromatic carbocycles. The third-order valence-corrected chi connectivity index (χ3v) is 2.96. The van der Waals surface area contributed by atoms with E-state index in [0.717, 1.165) is 11.6 Å². The van der Waals surface area contributed by atoms with Gasteiger partial charge in [0.2, 0.25) is 0 Å². The van der Waals surface area contributed by atoms with Crippen LogP contribution in [0.2, 0.25) is 0 Å². The molecule has 0 fully saturated rings. The van der Waals surface area contributed by atoms with Gasteiger partial charge in [0, 0.05) is 6.92 Å². The molecule has 0 saturated carbocycles. The van der Waals surface area contributed by atoms with Gasteiger partial charge in [0.05, 0.1) is 12.3 Å². The maximum atomic E-state index is 5.47. The summed E-state index contributed by atoms with van der Waals surface area (Å²) in [5.74, 6) is 1.68. The number of benzene rings is 1. The zero-order valence-electron chi connectivity index (χ0n) is 12.4. The summed E-state index contributed by atoms with van der Waals surface area (Å²) in [4.78, 5) is 4.69. The summed E-state index contributed by atoms with van der Waals surface area (Å²) < 4.78 is 5.47. The minimum atomic E-state index is 0.469. The first kappa shape index (κ1) is 14.7. The van der Waals surface area contributed by atoms with Crippen molar-refractivity contribution in [3.05, 3.63) is 29.3 Å².